The van der Waals surface area contributed by atoms with Crippen molar-refractivity contribution in [2.45, 2.75) is 63.2 Å². The van der Waals surface area contributed by atoms with Crippen molar-refractivity contribution < 1.29 is 28.2 Å². The molecular formula is C34H44N8O6S. The van der Waals surface area contributed by atoms with Gasteiger partial charge >= 0.3 is 0 Å². The molecule has 0 spiro atoms. The highest BCUT2D eigenvalue weighted by molar-refractivity contribution is 7.89. The molecule has 0 aliphatic carbocycles. The lowest BCUT2D eigenvalue weighted by Gasteiger charge is -2.26. The van der Waals surface area contributed by atoms with E-state index < -0.39 is 40.5 Å². The number of nitrogens with one attached hydrogen (secondary N) is 3. The molecule has 4 heterocycles. The maximum Gasteiger partial charge on any atom is 0.252 e. The smallest absolute Gasteiger partial charge is 0.252 e. The summed E-state index contributed by atoms with van der Waals surface area (Å²) in [5, 5.41) is 27.7. The molecule has 15 heteroatoms. The van der Waals surface area contributed by atoms with Gasteiger partial charge < -0.3 is 30.5 Å². The molecule has 2 aliphatic heterocycles. The molecule has 0 radical (unpaired) electrons. The van der Waals surface area contributed by atoms with Crippen LogP contribution >= 0.6 is 0 Å². The third kappa shape index (κ3) is 8.25. The van der Waals surface area contributed by atoms with Crippen LogP contribution in [-0.2, 0) is 26.1 Å². The second-order valence-electron chi connectivity index (χ2n) is 12.4. The van der Waals surface area contributed by atoms with Gasteiger partial charge in [0.05, 0.1) is 18.6 Å². The second kappa shape index (κ2) is 15.7. The van der Waals surface area contributed by atoms with E-state index in [9.17, 15) is 23.4 Å². The minimum Gasteiger partial charge on any atom is -0.387 e. The molecule has 0 saturated carbocycles. The molecule has 4 atom stereocenters. The summed E-state index contributed by atoms with van der Waals surface area (Å²) in [7, 11) is -3.65. The van der Waals surface area contributed by atoms with Crippen LogP contribution in [0.2, 0.25) is 0 Å². The van der Waals surface area contributed by atoms with Crippen LogP contribution in [0.5, 0.6) is 0 Å². The lowest BCUT2D eigenvalue weighted by atomic mass is 9.91. The standard InChI is InChI=1S/C34H44N8O6S/c1-2-35-33(45)30-28(43)29(44)34(48-30)42-22-37-27-31(36-20-25(23-12-6-3-7-13-23)24-14-8-4-9-15-24)39-26(40-32(27)42)21-38-49(46,47)19-18-41-16-10-5-11-17-41/h3-4,6-9,12-15,22,25,28-30,34,38,43-44H,2,5,10-11,16-21H2,1H3,(H,35,45)(H,36,39,40). The summed E-state index contributed by atoms with van der Waals surface area (Å²) in [6, 6.07) is 20.1. The minimum atomic E-state index is -3.65. The van der Waals surface area contributed by atoms with Crippen LogP contribution in [0.25, 0.3) is 11.2 Å². The summed E-state index contributed by atoms with van der Waals surface area (Å²) >= 11 is 0. The predicted octanol–water partition coefficient (Wildman–Crippen LogP) is 1.73. The van der Waals surface area contributed by atoms with Crippen molar-refractivity contribution in [3.63, 3.8) is 0 Å². The quantitative estimate of drug-likeness (QED) is 0.130. The van der Waals surface area contributed by atoms with Crippen LogP contribution < -0.4 is 15.4 Å². The van der Waals surface area contributed by atoms with Gasteiger partial charge in [-0.15, -0.1) is 0 Å². The zero-order valence-electron chi connectivity index (χ0n) is 27.5. The molecule has 6 rings (SSSR count). The van der Waals surface area contributed by atoms with E-state index in [1.807, 2.05) is 36.4 Å². The maximum absolute atomic E-state index is 13.0. The number of benzene rings is 2. The van der Waals surface area contributed by atoms with Gasteiger partial charge in [0.25, 0.3) is 5.91 Å². The zero-order chi connectivity index (χ0) is 34.4. The van der Waals surface area contributed by atoms with E-state index in [0.29, 0.717) is 31.0 Å². The summed E-state index contributed by atoms with van der Waals surface area (Å²) in [6.07, 6.45) is -0.734. The van der Waals surface area contributed by atoms with Crippen LogP contribution in [0.4, 0.5) is 5.82 Å². The van der Waals surface area contributed by atoms with Gasteiger partial charge in [0, 0.05) is 25.6 Å². The molecule has 2 fully saturated rings. The van der Waals surface area contributed by atoms with E-state index in [-0.39, 0.29) is 29.7 Å². The maximum atomic E-state index is 13.0. The number of nitrogens with zero attached hydrogens (tertiary/aromatic N) is 5. The van der Waals surface area contributed by atoms with Crippen molar-refractivity contribution in [3.05, 3.63) is 83.9 Å². The molecule has 1 amide bonds. The van der Waals surface area contributed by atoms with Crippen molar-refractivity contribution in [1.82, 2.24) is 34.5 Å². The summed E-state index contributed by atoms with van der Waals surface area (Å²) in [6.45, 7) is 4.54. The Kier molecular flexibility index (Phi) is 11.2. The summed E-state index contributed by atoms with van der Waals surface area (Å²) in [5.74, 6) is -0.126. The number of carbonyl (C=O) groups excluding carboxylic acids is 1. The number of likely N-dealkylation sites (N-methyl/N-ethyl adjacent to an activating group) is 1. The van der Waals surface area contributed by atoms with Gasteiger partial charge in [-0.3, -0.25) is 9.36 Å². The van der Waals surface area contributed by atoms with Gasteiger partial charge in [-0.05, 0) is 44.0 Å². The summed E-state index contributed by atoms with van der Waals surface area (Å²) in [4.78, 5) is 28.6. The monoisotopic (exact) mass is 692 g/mol. The first kappa shape index (κ1) is 34.9. The molecule has 14 nitrogen and oxygen atoms in total. The number of fused-ring (bicyclic) bond motifs is 1. The molecule has 4 aromatic rings. The number of aromatic nitrogens is 4. The van der Waals surface area contributed by atoms with E-state index in [2.05, 4.69) is 54.5 Å². The third-order valence-electron chi connectivity index (χ3n) is 9.04. The van der Waals surface area contributed by atoms with E-state index in [1.54, 1.807) is 6.92 Å². The first-order valence-electron chi connectivity index (χ1n) is 16.8. The summed E-state index contributed by atoms with van der Waals surface area (Å²) < 4.78 is 36.0. The highest BCUT2D eigenvalue weighted by atomic mass is 32.2. The topological polar surface area (TPSA) is 184 Å². The lowest BCUT2D eigenvalue weighted by molar-refractivity contribution is -0.137. The average molecular weight is 693 g/mol. The van der Waals surface area contributed by atoms with E-state index in [1.165, 1.54) is 17.3 Å². The Morgan fingerprint density at radius 3 is 2.31 bits per heavy atom. The van der Waals surface area contributed by atoms with Crippen LogP contribution in [0.1, 0.15) is 55.3 Å². The van der Waals surface area contributed by atoms with Crippen molar-refractivity contribution in [2.75, 3.05) is 43.8 Å². The molecule has 49 heavy (non-hydrogen) atoms. The number of piperidine rings is 1. The van der Waals surface area contributed by atoms with Crippen molar-refractivity contribution in [1.29, 1.82) is 0 Å². The Morgan fingerprint density at radius 1 is 0.980 bits per heavy atom. The summed E-state index contributed by atoms with van der Waals surface area (Å²) in [5.41, 5.74) is 2.77. The number of rotatable bonds is 14. The normalized spacial score (nSPS) is 21.7. The fourth-order valence-electron chi connectivity index (χ4n) is 6.41. The van der Waals surface area contributed by atoms with Crippen LogP contribution in [0.15, 0.2) is 67.0 Å². The fraction of sp³-hybridized carbons (Fsp3) is 0.471. The number of likely N-dealkylation sites (tertiary alicyclic amines) is 1. The van der Waals surface area contributed by atoms with Crippen molar-refractivity contribution in [3.8, 4) is 0 Å². The Bertz CT molecular complexity index is 1760. The predicted molar refractivity (Wildman–Crippen MR) is 184 cm³/mol. The van der Waals surface area contributed by atoms with Gasteiger partial charge in [0.1, 0.15) is 18.0 Å². The SMILES string of the molecule is CCNC(=O)C1OC(n2cnc3c(NCC(c4ccccc4)c4ccccc4)nc(CNS(=O)(=O)CCN4CCCCC4)nc32)C(O)C1O. The molecule has 2 aliphatic rings. The van der Waals surface area contributed by atoms with Crippen LogP contribution in [-0.4, -0.2) is 106 Å². The number of carbonyl (C=O) groups is 1. The van der Waals surface area contributed by atoms with Crippen molar-refractivity contribution in [2.24, 2.45) is 0 Å². The Labute approximate surface area is 286 Å². The number of amides is 1. The lowest BCUT2D eigenvalue weighted by Crippen LogP contribution is -2.42. The number of sulfonamides is 1. The van der Waals surface area contributed by atoms with E-state index >= 15 is 0 Å². The molecule has 2 aromatic heterocycles. The zero-order valence-corrected chi connectivity index (χ0v) is 28.3. The van der Waals surface area contributed by atoms with Gasteiger partial charge in [-0.25, -0.2) is 28.1 Å². The Hall–Kier alpha value is -3.99. The third-order valence-corrected chi connectivity index (χ3v) is 10.3. The Morgan fingerprint density at radius 2 is 1.65 bits per heavy atom. The van der Waals surface area contributed by atoms with Crippen LogP contribution in [0.3, 0.4) is 0 Å². The Balaban J connectivity index is 1.30. The fourth-order valence-corrected chi connectivity index (χ4v) is 7.40. The number of imidazole rings is 1. The van der Waals surface area contributed by atoms with E-state index in [0.717, 1.165) is 37.1 Å². The van der Waals surface area contributed by atoms with Gasteiger partial charge in [0.15, 0.2) is 29.3 Å². The average Bonchev–Trinajstić information content (AvgIpc) is 3.68. The van der Waals surface area contributed by atoms with Crippen molar-refractivity contribution >= 4 is 32.9 Å². The first-order chi connectivity index (χ1) is 23.7. The van der Waals surface area contributed by atoms with Crippen LogP contribution in [0, 0.1) is 0 Å². The number of hydrogen-bond donors (Lipinski definition) is 5. The highest BCUT2D eigenvalue weighted by Crippen LogP contribution is 2.33. The molecule has 2 saturated heterocycles. The van der Waals surface area contributed by atoms with E-state index in [4.69, 9.17) is 9.72 Å². The first-order valence-corrected chi connectivity index (χ1v) is 18.5. The largest absolute Gasteiger partial charge is 0.387 e. The molecule has 2 aromatic carbocycles. The van der Waals surface area contributed by atoms with Gasteiger partial charge in [-0.2, -0.15) is 0 Å². The number of aliphatic hydroxyl groups excluding tert-OH is 2. The number of anilines is 1. The number of ether oxygens (including phenoxy) is 1. The highest BCUT2D eigenvalue weighted by Gasteiger charge is 2.47. The molecule has 4 unspecified atom stereocenters. The van der Waals surface area contributed by atoms with Gasteiger partial charge in [-0.1, -0.05) is 67.1 Å². The number of aliphatic hydroxyl groups is 2. The molecule has 262 valence electrons. The molecule has 0 bridgehead atoms. The molecular weight excluding hydrogens is 648 g/mol. The second-order valence-corrected chi connectivity index (χ2v) is 14.4. The number of hydrogen-bond acceptors (Lipinski definition) is 11. The molecule has 5 N–H and O–H groups in total. The van der Waals surface area contributed by atoms with Gasteiger partial charge in [0.2, 0.25) is 10.0 Å². The minimum absolute atomic E-state index is 0.0463.